The Kier molecular flexibility index (Phi) is 4.63. The maximum Gasteiger partial charge on any atom is 0.338 e. The van der Waals surface area contributed by atoms with Crippen molar-refractivity contribution < 1.29 is 19.4 Å². The van der Waals surface area contributed by atoms with E-state index in [4.69, 9.17) is 5.11 Å². The molecule has 0 saturated heterocycles. The number of allylic oxidation sites excluding steroid dienone is 1. The summed E-state index contributed by atoms with van der Waals surface area (Å²) in [6.07, 6.45) is 0. The molecule has 0 aromatic rings. The molecule has 0 aromatic carbocycles. The monoisotopic (exact) mass is 198 g/mol. The highest BCUT2D eigenvalue weighted by atomic mass is 16.5. The van der Waals surface area contributed by atoms with Gasteiger partial charge in [0.05, 0.1) is 17.8 Å². The quantitative estimate of drug-likeness (QED) is 0.322. The van der Waals surface area contributed by atoms with Gasteiger partial charge in [-0.05, 0) is 20.8 Å². The summed E-state index contributed by atoms with van der Waals surface area (Å²) in [6.45, 7) is 7.82. The molecular formula is C10H14O4. The van der Waals surface area contributed by atoms with Gasteiger partial charge in [-0.25, -0.2) is 4.79 Å². The second kappa shape index (κ2) is 5.21. The first-order valence-corrected chi connectivity index (χ1v) is 4.19. The van der Waals surface area contributed by atoms with E-state index in [2.05, 4.69) is 11.3 Å². The van der Waals surface area contributed by atoms with Crippen LogP contribution in [0.3, 0.4) is 0 Å². The van der Waals surface area contributed by atoms with Crippen LogP contribution in [0.5, 0.6) is 0 Å². The van der Waals surface area contributed by atoms with E-state index < -0.39 is 11.8 Å². The molecule has 0 radical (unpaired) electrons. The zero-order valence-corrected chi connectivity index (χ0v) is 8.59. The van der Waals surface area contributed by atoms with Crippen LogP contribution < -0.4 is 0 Å². The summed E-state index contributed by atoms with van der Waals surface area (Å²) in [7, 11) is 0. The molecule has 0 aliphatic rings. The second-order valence-corrected chi connectivity index (χ2v) is 2.72. The van der Waals surface area contributed by atoms with Gasteiger partial charge in [0.25, 0.3) is 0 Å². The number of Topliss-reactive ketones (excluding diaryl/α,β-unsaturated/α-hetero) is 1. The highest BCUT2D eigenvalue weighted by Crippen LogP contribution is 2.14. The summed E-state index contributed by atoms with van der Waals surface area (Å²) in [4.78, 5) is 22.2. The van der Waals surface area contributed by atoms with Crippen LogP contribution in [0.2, 0.25) is 0 Å². The third-order valence-corrected chi connectivity index (χ3v) is 1.54. The van der Waals surface area contributed by atoms with Crippen LogP contribution in [-0.4, -0.2) is 23.5 Å². The highest BCUT2D eigenvalue weighted by Gasteiger charge is 2.19. The molecule has 0 bridgehead atoms. The van der Waals surface area contributed by atoms with Gasteiger partial charge in [-0.1, -0.05) is 6.58 Å². The van der Waals surface area contributed by atoms with Crippen LogP contribution in [-0.2, 0) is 14.3 Å². The minimum absolute atomic E-state index is 0.0801. The van der Waals surface area contributed by atoms with Crippen LogP contribution in [0.15, 0.2) is 23.5 Å². The number of carbonyl (C=O) groups is 2. The Morgan fingerprint density at radius 3 is 2.14 bits per heavy atom. The highest BCUT2D eigenvalue weighted by molar-refractivity contribution is 6.08. The topological polar surface area (TPSA) is 63.6 Å². The number of esters is 1. The first-order valence-electron chi connectivity index (χ1n) is 4.19. The summed E-state index contributed by atoms with van der Waals surface area (Å²) in [5.41, 5.74) is -0.192. The van der Waals surface area contributed by atoms with Crippen LogP contribution in [0.1, 0.15) is 20.8 Å². The summed E-state index contributed by atoms with van der Waals surface area (Å²) < 4.78 is 4.65. The van der Waals surface area contributed by atoms with E-state index in [1.807, 2.05) is 0 Å². The van der Waals surface area contributed by atoms with Crippen molar-refractivity contribution in [1.82, 2.24) is 0 Å². The molecule has 0 rings (SSSR count). The van der Waals surface area contributed by atoms with Crippen molar-refractivity contribution in [1.29, 1.82) is 0 Å². The van der Waals surface area contributed by atoms with Crippen molar-refractivity contribution in [2.24, 2.45) is 0 Å². The summed E-state index contributed by atoms with van der Waals surface area (Å²) in [6, 6.07) is 0. The molecule has 1 N–H and O–H groups in total. The van der Waals surface area contributed by atoms with Crippen LogP contribution in [0, 0.1) is 0 Å². The van der Waals surface area contributed by atoms with E-state index in [-0.39, 0.29) is 23.5 Å². The maximum atomic E-state index is 11.2. The minimum atomic E-state index is -0.689. The van der Waals surface area contributed by atoms with Gasteiger partial charge >= 0.3 is 5.97 Å². The van der Waals surface area contributed by atoms with E-state index in [0.717, 1.165) is 0 Å². The van der Waals surface area contributed by atoms with E-state index >= 15 is 0 Å². The molecule has 4 nitrogen and oxygen atoms in total. The fourth-order valence-electron chi connectivity index (χ4n) is 1.01. The minimum Gasteiger partial charge on any atom is -0.512 e. The van der Waals surface area contributed by atoms with Crippen LogP contribution in [0.25, 0.3) is 0 Å². The molecular weight excluding hydrogens is 184 g/mol. The lowest BCUT2D eigenvalue weighted by atomic mass is 10.0. The van der Waals surface area contributed by atoms with E-state index in [1.165, 1.54) is 13.8 Å². The Morgan fingerprint density at radius 1 is 1.36 bits per heavy atom. The lowest BCUT2D eigenvalue weighted by molar-refractivity contribution is -0.138. The first kappa shape index (κ1) is 12.4. The normalized spacial score (nSPS) is 11.6. The predicted octanol–water partition coefficient (Wildman–Crippen LogP) is 1.53. The van der Waals surface area contributed by atoms with Gasteiger partial charge in [-0.3, -0.25) is 4.79 Å². The smallest absolute Gasteiger partial charge is 0.338 e. The average Bonchev–Trinajstić information content (AvgIpc) is 2.03. The zero-order chi connectivity index (χ0) is 11.3. The average molecular weight is 198 g/mol. The van der Waals surface area contributed by atoms with E-state index in [0.29, 0.717) is 0 Å². The molecule has 0 spiro atoms. The summed E-state index contributed by atoms with van der Waals surface area (Å²) >= 11 is 0. The molecule has 0 heterocycles. The Labute approximate surface area is 82.9 Å². The number of aliphatic hydroxyl groups is 1. The SMILES string of the molecule is C=C(C(=O)OCC)C(C(C)=O)=C(C)O. The molecule has 0 aromatic heterocycles. The van der Waals surface area contributed by atoms with Gasteiger partial charge in [0.1, 0.15) is 5.76 Å². The number of carbonyl (C=O) groups excluding carboxylic acids is 2. The Balaban J connectivity index is 4.91. The Bertz CT molecular complexity index is 295. The molecule has 0 unspecified atom stereocenters. The van der Waals surface area contributed by atoms with E-state index in [1.54, 1.807) is 6.92 Å². The third kappa shape index (κ3) is 3.05. The van der Waals surface area contributed by atoms with Gasteiger partial charge in [0.15, 0.2) is 5.78 Å². The lowest BCUT2D eigenvalue weighted by Crippen LogP contribution is -2.13. The number of rotatable bonds is 4. The number of ether oxygens (including phenoxy) is 1. The summed E-state index contributed by atoms with van der Waals surface area (Å²) in [5, 5.41) is 9.16. The van der Waals surface area contributed by atoms with Gasteiger partial charge in [0, 0.05) is 0 Å². The van der Waals surface area contributed by atoms with Crippen molar-refractivity contribution in [2.45, 2.75) is 20.8 Å². The van der Waals surface area contributed by atoms with E-state index in [9.17, 15) is 9.59 Å². The standard InChI is InChI=1S/C10H14O4/c1-5-14-10(13)6(2)9(7(3)11)8(4)12/h11H,2,5H2,1,3-4H3. The molecule has 0 aliphatic heterocycles. The lowest BCUT2D eigenvalue weighted by Gasteiger charge is -2.07. The van der Waals surface area contributed by atoms with Gasteiger partial charge in [-0.15, -0.1) is 0 Å². The molecule has 4 heteroatoms. The van der Waals surface area contributed by atoms with Crippen LogP contribution >= 0.6 is 0 Å². The van der Waals surface area contributed by atoms with Crippen molar-refractivity contribution in [2.75, 3.05) is 6.61 Å². The fourth-order valence-corrected chi connectivity index (χ4v) is 1.01. The molecule has 14 heavy (non-hydrogen) atoms. The van der Waals surface area contributed by atoms with Gasteiger partial charge in [-0.2, -0.15) is 0 Å². The Morgan fingerprint density at radius 2 is 1.86 bits per heavy atom. The molecule has 78 valence electrons. The number of aliphatic hydroxyl groups excluding tert-OH is 1. The third-order valence-electron chi connectivity index (χ3n) is 1.54. The summed E-state index contributed by atoms with van der Waals surface area (Å²) in [5.74, 6) is -1.33. The van der Waals surface area contributed by atoms with Crippen molar-refractivity contribution in [3.05, 3.63) is 23.5 Å². The van der Waals surface area contributed by atoms with Crippen molar-refractivity contribution >= 4 is 11.8 Å². The van der Waals surface area contributed by atoms with Crippen LogP contribution in [0.4, 0.5) is 0 Å². The largest absolute Gasteiger partial charge is 0.512 e. The second-order valence-electron chi connectivity index (χ2n) is 2.72. The number of hydrogen-bond acceptors (Lipinski definition) is 4. The molecule has 0 saturated carbocycles. The number of hydrogen-bond donors (Lipinski definition) is 1. The maximum absolute atomic E-state index is 11.2. The molecule has 0 amide bonds. The Hall–Kier alpha value is -1.58. The fraction of sp³-hybridized carbons (Fsp3) is 0.400. The zero-order valence-electron chi connectivity index (χ0n) is 8.59. The molecule has 0 atom stereocenters. The van der Waals surface area contributed by atoms with Gasteiger partial charge < -0.3 is 9.84 Å². The van der Waals surface area contributed by atoms with Crippen molar-refractivity contribution in [3.8, 4) is 0 Å². The molecule has 0 aliphatic carbocycles. The molecule has 0 fully saturated rings. The first-order chi connectivity index (χ1) is 6.41. The predicted molar refractivity (Wildman–Crippen MR) is 51.8 cm³/mol. The van der Waals surface area contributed by atoms with Gasteiger partial charge in [0.2, 0.25) is 0 Å². The van der Waals surface area contributed by atoms with Crippen molar-refractivity contribution in [3.63, 3.8) is 0 Å². The number of ketones is 1.